The lowest BCUT2D eigenvalue weighted by Gasteiger charge is -2.35. The molecule has 0 N–H and O–H groups in total. The highest BCUT2D eigenvalue weighted by Crippen LogP contribution is 2.43. The largest absolute Gasteiger partial charge is 0.331 e. The monoisotopic (exact) mass is 507 g/mol. The van der Waals surface area contributed by atoms with E-state index in [1.807, 2.05) is 39.9 Å². The average molecular weight is 508 g/mol. The summed E-state index contributed by atoms with van der Waals surface area (Å²) >= 11 is 0. The van der Waals surface area contributed by atoms with Crippen LogP contribution in [-0.4, -0.2) is 26.7 Å². The molecular weight excluding hydrogens is 473 g/mol. The molecule has 4 nitrogen and oxygen atoms in total. The molecule has 1 amide bonds. The number of carbonyl (C=O) groups excluding carboxylic acids is 1. The first kappa shape index (κ1) is 23.6. The quantitative estimate of drug-likeness (QED) is 0.280. The molecular formula is C33H34FN3O. The fourth-order valence-electron chi connectivity index (χ4n) is 6.72. The van der Waals surface area contributed by atoms with Crippen molar-refractivity contribution in [3.8, 4) is 11.3 Å². The summed E-state index contributed by atoms with van der Waals surface area (Å²) in [7, 11) is 0. The van der Waals surface area contributed by atoms with Crippen LogP contribution in [0.3, 0.4) is 0 Å². The van der Waals surface area contributed by atoms with Crippen molar-refractivity contribution in [2.45, 2.75) is 70.3 Å². The van der Waals surface area contributed by atoms with Gasteiger partial charge in [0.05, 0.1) is 17.3 Å². The molecule has 194 valence electrons. The van der Waals surface area contributed by atoms with Crippen LogP contribution in [0, 0.1) is 11.7 Å². The number of fused-ring (bicyclic) bond motifs is 2. The molecule has 0 spiro atoms. The molecule has 0 bridgehead atoms. The Hall–Kier alpha value is -3.47. The number of hydrogen-bond acceptors (Lipinski definition) is 2. The molecule has 2 aliphatic carbocycles. The Morgan fingerprint density at radius 3 is 2.61 bits per heavy atom. The van der Waals surface area contributed by atoms with E-state index < -0.39 is 0 Å². The number of imidazole rings is 1. The van der Waals surface area contributed by atoms with Gasteiger partial charge in [0.25, 0.3) is 5.91 Å². The van der Waals surface area contributed by atoms with Crippen molar-refractivity contribution in [2.75, 3.05) is 6.54 Å². The Labute approximate surface area is 223 Å². The molecule has 5 heteroatoms. The Morgan fingerprint density at radius 1 is 1.00 bits per heavy atom. The summed E-state index contributed by atoms with van der Waals surface area (Å²) in [5.41, 5.74) is 7.41. The molecule has 0 unspecified atom stereocenters. The van der Waals surface area contributed by atoms with Crippen LogP contribution in [0.4, 0.5) is 4.39 Å². The van der Waals surface area contributed by atoms with Gasteiger partial charge in [0, 0.05) is 24.5 Å². The lowest BCUT2D eigenvalue weighted by atomic mass is 9.93. The Morgan fingerprint density at radius 2 is 1.82 bits per heavy atom. The molecule has 2 saturated carbocycles. The van der Waals surface area contributed by atoms with Crippen molar-refractivity contribution in [3.05, 3.63) is 94.6 Å². The lowest BCUT2D eigenvalue weighted by molar-refractivity contribution is 0.0677. The van der Waals surface area contributed by atoms with Crippen molar-refractivity contribution in [1.29, 1.82) is 0 Å². The van der Waals surface area contributed by atoms with Crippen LogP contribution < -0.4 is 0 Å². The van der Waals surface area contributed by atoms with Crippen LogP contribution in [0.1, 0.15) is 90.0 Å². The van der Waals surface area contributed by atoms with Gasteiger partial charge in [0.15, 0.2) is 0 Å². The van der Waals surface area contributed by atoms with E-state index in [-0.39, 0.29) is 17.8 Å². The maximum absolute atomic E-state index is 15.3. The normalized spacial score (nSPS) is 19.7. The zero-order chi connectivity index (χ0) is 25.8. The van der Waals surface area contributed by atoms with Gasteiger partial charge < -0.3 is 9.30 Å². The van der Waals surface area contributed by atoms with Crippen molar-refractivity contribution < 1.29 is 9.18 Å². The molecule has 2 aromatic carbocycles. The fraction of sp³-hybridized carbons (Fsp3) is 0.394. The third-order valence-electron chi connectivity index (χ3n) is 9.01. The number of aromatic nitrogens is 2. The Balaban J connectivity index is 1.22. The summed E-state index contributed by atoms with van der Waals surface area (Å²) in [5.74, 6) is 0.935. The number of carbonyl (C=O) groups is 1. The van der Waals surface area contributed by atoms with Gasteiger partial charge in [0.2, 0.25) is 0 Å². The SMILES string of the molecule is C[C@@H]1c2ccccc2CCN1C(=O)c1cc(C2CC2)c2nc(-c3ccc(CC4CCCC4)cc3F)cn2c1. The van der Waals surface area contributed by atoms with E-state index in [9.17, 15) is 4.79 Å². The molecule has 1 aliphatic heterocycles. The van der Waals surface area contributed by atoms with E-state index in [0.717, 1.165) is 42.5 Å². The summed E-state index contributed by atoms with van der Waals surface area (Å²) in [6.07, 6.45) is 12.9. The molecule has 3 aliphatic rings. The molecule has 0 radical (unpaired) electrons. The minimum atomic E-state index is -0.214. The van der Waals surface area contributed by atoms with Gasteiger partial charge >= 0.3 is 0 Å². The molecule has 2 fully saturated rings. The summed E-state index contributed by atoms with van der Waals surface area (Å²) in [6.45, 7) is 2.83. The Bertz CT molecular complexity index is 1530. The molecule has 38 heavy (non-hydrogen) atoms. The highest BCUT2D eigenvalue weighted by atomic mass is 19.1. The smallest absolute Gasteiger partial charge is 0.255 e. The predicted molar refractivity (Wildman–Crippen MR) is 148 cm³/mol. The topological polar surface area (TPSA) is 37.6 Å². The van der Waals surface area contributed by atoms with Crippen LogP contribution in [0.5, 0.6) is 0 Å². The van der Waals surface area contributed by atoms with Gasteiger partial charge in [-0.25, -0.2) is 9.37 Å². The van der Waals surface area contributed by atoms with Crippen molar-refractivity contribution >= 4 is 11.6 Å². The van der Waals surface area contributed by atoms with E-state index in [2.05, 4.69) is 31.2 Å². The molecule has 4 aromatic rings. The summed E-state index contributed by atoms with van der Waals surface area (Å²) in [5, 5.41) is 0. The number of hydrogen-bond donors (Lipinski definition) is 0. The van der Waals surface area contributed by atoms with Gasteiger partial charge in [-0.05, 0) is 84.9 Å². The maximum atomic E-state index is 15.3. The third kappa shape index (κ3) is 4.22. The second kappa shape index (κ2) is 9.37. The van der Waals surface area contributed by atoms with E-state index >= 15 is 4.39 Å². The van der Waals surface area contributed by atoms with Gasteiger partial charge in [0.1, 0.15) is 11.5 Å². The lowest BCUT2D eigenvalue weighted by Crippen LogP contribution is -2.39. The van der Waals surface area contributed by atoms with Gasteiger partial charge in [-0.2, -0.15) is 0 Å². The highest BCUT2D eigenvalue weighted by molar-refractivity contribution is 5.95. The standard InChI is InChI=1S/C33H34FN3O/c1-21-27-9-5-4-8-24(27)14-15-37(21)33(38)26-18-29(25-11-12-25)32-35-31(20-36(32)19-26)28-13-10-23(17-30(28)34)16-22-6-2-3-7-22/h4-5,8-10,13,17-22,25H,2-3,6-7,11-12,14-16H2,1H3/t21-/m1/s1. The molecule has 1 atom stereocenters. The number of amides is 1. The number of nitrogens with zero attached hydrogens (tertiary/aromatic N) is 3. The van der Waals surface area contributed by atoms with Crippen LogP contribution in [0.15, 0.2) is 60.9 Å². The first-order valence-corrected chi connectivity index (χ1v) is 14.3. The number of pyridine rings is 1. The van der Waals surface area contributed by atoms with Gasteiger partial charge in [-0.15, -0.1) is 0 Å². The van der Waals surface area contributed by atoms with Crippen LogP contribution in [0.2, 0.25) is 0 Å². The van der Waals surface area contributed by atoms with E-state index in [4.69, 9.17) is 4.98 Å². The molecule has 0 saturated heterocycles. The third-order valence-corrected chi connectivity index (χ3v) is 9.01. The minimum Gasteiger partial charge on any atom is -0.331 e. The summed E-state index contributed by atoms with van der Waals surface area (Å²) in [6, 6.07) is 16.1. The number of halogens is 1. The zero-order valence-electron chi connectivity index (χ0n) is 22.0. The Kier molecular flexibility index (Phi) is 5.83. The van der Waals surface area contributed by atoms with Crippen molar-refractivity contribution in [3.63, 3.8) is 0 Å². The van der Waals surface area contributed by atoms with Gasteiger partial charge in [-0.1, -0.05) is 56.0 Å². The molecule has 3 heterocycles. The van der Waals surface area contributed by atoms with Crippen molar-refractivity contribution in [2.24, 2.45) is 5.92 Å². The molecule has 7 rings (SSSR count). The second-order valence-corrected chi connectivity index (χ2v) is 11.6. The fourth-order valence-corrected chi connectivity index (χ4v) is 6.72. The average Bonchev–Trinajstić information content (AvgIpc) is 3.47. The van der Waals surface area contributed by atoms with Gasteiger partial charge in [-0.3, -0.25) is 4.79 Å². The highest BCUT2D eigenvalue weighted by Gasteiger charge is 2.32. The first-order valence-electron chi connectivity index (χ1n) is 14.3. The van der Waals surface area contributed by atoms with Crippen LogP contribution >= 0.6 is 0 Å². The van der Waals surface area contributed by atoms with E-state index in [0.29, 0.717) is 35.2 Å². The summed E-state index contributed by atoms with van der Waals surface area (Å²) in [4.78, 5) is 20.7. The maximum Gasteiger partial charge on any atom is 0.255 e. The second-order valence-electron chi connectivity index (χ2n) is 11.6. The van der Waals surface area contributed by atoms with Crippen LogP contribution in [-0.2, 0) is 12.8 Å². The minimum absolute atomic E-state index is 0.0303. The van der Waals surface area contributed by atoms with E-state index in [1.165, 1.54) is 36.8 Å². The predicted octanol–water partition coefficient (Wildman–Crippen LogP) is 7.51. The van der Waals surface area contributed by atoms with Crippen molar-refractivity contribution in [1.82, 2.24) is 14.3 Å². The molecule has 2 aromatic heterocycles. The first-order chi connectivity index (χ1) is 18.5. The van der Waals surface area contributed by atoms with E-state index in [1.54, 1.807) is 6.07 Å². The number of benzene rings is 2. The zero-order valence-corrected chi connectivity index (χ0v) is 22.0. The number of rotatable bonds is 5. The van der Waals surface area contributed by atoms with Crippen LogP contribution in [0.25, 0.3) is 16.9 Å². The summed E-state index contributed by atoms with van der Waals surface area (Å²) < 4.78 is 17.3.